The lowest BCUT2D eigenvalue weighted by molar-refractivity contribution is -0.124. The highest BCUT2D eigenvalue weighted by Crippen LogP contribution is 2.43. The topological polar surface area (TPSA) is 83.4 Å². The van der Waals surface area contributed by atoms with Gasteiger partial charge in [-0.05, 0) is 80.3 Å². The molecule has 2 fully saturated rings. The van der Waals surface area contributed by atoms with Gasteiger partial charge in [0.05, 0.1) is 11.8 Å². The zero-order valence-electron chi connectivity index (χ0n) is 26.1. The smallest absolute Gasteiger partial charge is 0.232 e. The second kappa shape index (κ2) is 15.0. The lowest BCUT2D eigenvalue weighted by atomic mass is 9.68. The van der Waals surface area contributed by atoms with Crippen LogP contribution in [0, 0.1) is 17.3 Å². The van der Waals surface area contributed by atoms with Crippen molar-refractivity contribution in [3.05, 3.63) is 95.7 Å². The average Bonchev–Trinajstić information content (AvgIpc) is 3.88. The van der Waals surface area contributed by atoms with Crippen LogP contribution in [0.1, 0.15) is 75.8 Å². The molecule has 2 saturated heterocycles. The van der Waals surface area contributed by atoms with Crippen LogP contribution in [0.3, 0.4) is 0 Å². The molecule has 2 amide bonds. The van der Waals surface area contributed by atoms with Crippen LogP contribution >= 0.6 is 0 Å². The van der Waals surface area contributed by atoms with Gasteiger partial charge in [-0.3, -0.25) is 9.59 Å². The van der Waals surface area contributed by atoms with E-state index in [-0.39, 0.29) is 29.1 Å². The monoisotopic (exact) mass is 582 g/mol. The van der Waals surface area contributed by atoms with E-state index in [0.717, 1.165) is 68.8 Å². The fourth-order valence-corrected chi connectivity index (χ4v) is 6.88. The molecule has 0 spiro atoms. The fourth-order valence-electron chi connectivity index (χ4n) is 6.88. The minimum absolute atomic E-state index is 0.0201. The zero-order chi connectivity index (χ0) is 30.1. The molecule has 2 aromatic carbocycles. The normalized spacial score (nSPS) is 23.0. The van der Waals surface area contributed by atoms with Gasteiger partial charge in [0.1, 0.15) is 0 Å². The molecule has 5 rings (SSSR count). The standard InChI is InChI=1S/C37H50N4O2/c1-28(33-27-39-33)35(42)40-32-18-13-21-37(2,26-32)31-19-24-41(25-20-31)23-12-4-3-11-22-38-36(43)34(29-14-7-5-8-15-29)30-16-9-6-10-17-30/h5-10,13-18,21,28,31,33-34,39H,3-4,11-12,19-20,22-27H2,1-2H3,(H,38,43)(H,40,42). The summed E-state index contributed by atoms with van der Waals surface area (Å²) in [5.41, 5.74) is 3.23. The minimum Gasteiger partial charge on any atom is -0.355 e. The molecule has 0 radical (unpaired) electrons. The Bertz CT molecular complexity index is 1210. The van der Waals surface area contributed by atoms with Crippen LogP contribution in [-0.4, -0.2) is 55.5 Å². The molecular weight excluding hydrogens is 532 g/mol. The molecule has 0 saturated carbocycles. The number of piperidine rings is 1. The number of benzene rings is 2. The van der Waals surface area contributed by atoms with Gasteiger partial charge < -0.3 is 20.9 Å². The number of amides is 2. The van der Waals surface area contributed by atoms with Crippen LogP contribution in [-0.2, 0) is 9.59 Å². The number of nitrogens with one attached hydrogen (secondary N) is 3. The molecule has 3 atom stereocenters. The van der Waals surface area contributed by atoms with E-state index < -0.39 is 0 Å². The van der Waals surface area contributed by atoms with Crippen molar-refractivity contribution in [3.8, 4) is 0 Å². The first-order valence-corrected chi connectivity index (χ1v) is 16.5. The van der Waals surface area contributed by atoms with Gasteiger partial charge in [0.2, 0.25) is 11.8 Å². The van der Waals surface area contributed by atoms with E-state index >= 15 is 0 Å². The third kappa shape index (κ3) is 8.67. The lowest BCUT2D eigenvalue weighted by Gasteiger charge is -2.43. The zero-order valence-corrected chi connectivity index (χ0v) is 26.1. The summed E-state index contributed by atoms with van der Waals surface area (Å²) in [6.07, 6.45) is 14.5. The highest BCUT2D eigenvalue weighted by atomic mass is 16.2. The second-order valence-electron chi connectivity index (χ2n) is 13.1. The summed E-state index contributed by atoms with van der Waals surface area (Å²) in [5, 5.41) is 9.67. The van der Waals surface area contributed by atoms with Crippen molar-refractivity contribution < 1.29 is 9.59 Å². The molecule has 3 aliphatic rings. The van der Waals surface area contributed by atoms with E-state index in [1.165, 1.54) is 25.7 Å². The van der Waals surface area contributed by atoms with Crippen LogP contribution < -0.4 is 16.0 Å². The predicted molar refractivity (Wildman–Crippen MR) is 174 cm³/mol. The van der Waals surface area contributed by atoms with Crippen LogP contribution in [0.15, 0.2) is 84.6 Å². The van der Waals surface area contributed by atoms with Crippen molar-refractivity contribution in [3.63, 3.8) is 0 Å². The molecule has 43 heavy (non-hydrogen) atoms. The highest BCUT2D eigenvalue weighted by Gasteiger charge is 2.37. The van der Waals surface area contributed by atoms with Crippen molar-refractivity contribution in [2.45, 2.75) is 70.8 Å². The van der Waals surface area contributed by atoms with Crippen molar-refractivity contribution in [2.75, 3.05) is 32.7 Å². The number of allylic oxidation sites excluding steroid dienone is 4. The first-order chi connectivity index (χ1) is 20.9. The van der Waals surface area contributed by atoms with Gasteiger partial charge in [0.25, 0.3) is 0 Å². The summed E-state index contributed by atoms with van der Waals surface area (Å²) in [6.45, 7) is 9.52. The van der Waals surface area contributed by atoms with Gasteiger partial charge in [-0.15, -0.1) is 0 Å². The summed E-state index contributed by atoms with van der Waals surface area (Å²) in [6, 6.07) is 20.5. The molecule has 6 nitrogen and oxygen atoms in total. The number of carbonyl (C=O) groups excluding carboxylic acids is 2. The van der Waals surface area contributed by atoms with Crippen LogP contribution in [0.5, 0.6) is 0 Å². The summed E-state index contributed by atoms with van der Waals surface area (Å²) >= 11 is 0. The average molecular weight is 583 g/mol. The summed E-state index contributed by atoms with van der Waals surface area (Å²) < 4.78 is 0. The molecule has 3 unspecified atom stereocenters. The van der Waals surface area contributed by atoms with Gasteiger partial charge in [0.15, 0.2) is 0 Å². The summed E-state index contributed by atoms with van der Waals surface area (Å²) in [7, 11) is 0. The van der Waals surface area contributed by atoms with Gasteiger partial charge >= 0.3 is 0 Å². The number of carbonyl (C=O) groups is 2. The lowest BCUT2D eigenvalue weighted by Crippen LogP contribution is -2.41. The van der Waals surface area contributed by atoms with Gasteiger partial charge in [-0.1, -0.05) is 99.5 Å². The Kier molecular flexibility index (Phi) is 10.9. The maximum atomic E-state index is 13.2. The van der Waals surface area contributed by atoms with Crippen LogP contribution in [0.4, 0.5) is 0 Å². The first kappa shape index (κ1) is 31.2. The number of hydrogen-bond donors (Lipinski definition) is 3. The SMILES string of the molecule is CC(C(=O)NC1=CC=CC(C)(C2CCN(CCCCCCNC(=O)C(c3ccccc3)c3ccccc3)CC2)C1)C1CN1. The molecule has 0 aromatic heterocycles. The summed E-state index contributed by atoms with van der Waals surface area (Å²) in [5.74, 6) is 0.609. The molecule has 6 heteroatoms. The van der Waals surface area contributed by atoms with Gasteiger partial charge in [-0.2, -0.15) is 0 Å². The Morgan fingerprint density at radius 2 is 1.56 bits per heavy atom. The predicted octanol–water partition coefficient (Wildman–Crippen LogP) is 5.78. The number of likely N-dealkylation sites (tertiary alicyclic amines) is 1. The third-order valence-corrected chi connectivity index (χ3v) is 9.83. The molecular formula is C37H50N4O2. The Labute approximate surface area is 258 Å². The van der Waals surface area contributed by atoms with E-state index in [1.807, 2.05) is 67.6 Å². The largest absolute Gasteiger partial charge is 0.355 e. The molecule has 2 aromatic rings. The number of unbranched alkanes of at least 4 members (excludes halogenated alkanes) is 3. The van der Waals surface area contributed by atoms with E-state index in [9.17, 15) is 9.59 Å². The van der Waals surface area contributed by atoms with E-state index in [1.54, 1.807) is 0 Å². The maximum absolute atomic E-state index is 13.2. The Hall–Kier alpha value is -3.22. The number of hydrogen-bond acceptors (Lipinski definition) is 4. The van der Waals surface area contributed by atoms with E-state index in [4.69, 9.17) is 0 Å². The molecule has 2 heterocycles. The van der Waals surface area contributed by atoms with Crippen molar-refractivity contribution in [1.82, 2.24) is 20.9 Å². The Morgan fingerprint density at radius 1 is 0.930 bits per heavy atom. The van der Waals surface area contributed by atoms with Crippen molar-refractivity contribution in [2.24, 2.45) is 17.3 Å². The quantitative estimate of drug-likeness (QED) is 0.195. The Morgan fingerprint density at radius 3 is 2.19 bits per heavy atom. The van der Waals surface area contributed by atoms with E-state index in [0.29, 0.717) is 12.0 Å². The van der Waals surface area contributed by atoms with Crippen molar-refractivity contribution >= 4 is 11.8 Å². The van der Waals surface area contributed by atoms with Crippen molar-refractivity contribution in [1.29, 1.82) is 0 Å². The van der Waals surface area contributed by atoms with Gasteiger partial charge in [-0.25, -0.2) is 0 Å². The molecule has 1 aliphatic carbocycles. The van der Waals surface area contributed by atoms with Crippen LogP contribution in [0.25, 0.3) is 0 Å². The Balaban J connectivity index is 0.965. The highest BCUT2D eigenvalue weighted by molar-refractivity contribution is 5.87. The third-order valence-electron chi connectivity index (χ3n) is 9.83. The summed E-state index contributed by atoms with van der Waals surface area (Å²) in [4.78, 5) is 28.4. The second-order valence-corrected chi connectivity index (χ2v) is 13.1. The number of rotatable bonds is 14. The molecule has 3 N–H and O–H groups in total. The van der Waals surface area contributed by atoms with Gasteiger partial charge in [0, 0.05) is 24.8 Å². The van der Waals surface area contributed by atoms with Crippen LogP contribution in [0.2, 0.25) is 0 Å². The number of nitrogens with zero attached hydrogens (tertiary/aromatic N) is 1. The molecule has 0 bridgehead atoms. The molecule has 2 aliphatic heterocycles. The van der Waals surface area contributed by atoms with E-state index in [2.05, 4.69) is 46.0 Å². The fraction of sp³-hybridized carbons (Fsp3) is 0.514. The minimum atomic E-state index is -0.272. The first-order valence-electron chi connectivity index (χ1n) is 16.5. The molecule has 230 valence electrons. The maximum Gasteiger partial charge on any atom is 0.232 e.